The van der Waals surface area contributed by atoms with E-state index in [9.17, 15) is 4.79 Å². The average molecular weight is 246 g/mol. The Labute approximate surface area is 106 Å². The Morgan fingerprint density at radius 2 is 2.11 bits per heavy atom. The summed E-state index contributed by atoms with van der Waals surface area (Å²) in [6, 6.07) is 1.85. The van der Waals surface area contributed by atoms with Crippen LogP contribution in [0.5, 0.6) is 0 Å². The second kappa shape index (κ2) is 4.76. The monoisotopic (exact) mass is 246 g/mol. The lowest BCUT2D eigenvalue weighted by Crippen LogP contribution is -2.07. The van der Waals surface area contributed by atoms with E-state index in [1.807, 2.05) is 55.4 Å². The summed E-state index contributed by atoms with van der Waals surface area (Å²) < 4.78 is 3.91. The van der Waals surface area contributed by atoms with Gasteiger partial charge in [-0.2, -0.15) is 0 Å². The molecule has 0 radical (unpaired) electrons. The van der Waals surface area contributed by atoms with Gasteiger partial charge in [0, 0.05) is 30.9 Å². The summed E-state index contributed by atoms with van der Waals surface area (Å²) in [5, 5.41) is 8.12. The molecule has 2 aromatic heterocycles. The number of aryl methyl sites for hydroxylation is 1. The standard InChI is InChI=1S/C13H18N4O/c1-9(2)13(18)11-5-6-17(7-11)8-12-15-14-10(3)16(12)4/h5-7,9H,8H2,1-4H3. The van der Waals surface area contributed by atoms with Gasteiger partial charge in [0.25, 0.3) is 0 Å². The molecule has 0 saturated carbocycles. The van der Waals surface area contributed by atoms with Crippen LogP contribution in [0.2, 0.25) is 0 Å². The molecule has 0 aliphatic heterocycles. The molecule has 0 unspecified atom stereocenters. The highest BCUT2D eigenvalue weighted by Gasteiger charge is 2.12. The highest BCUT2D eigenvalue weighted by molar-refractivity contribution is 5.97. The van der Waals surface area contributed by atoms with Crippen LogP contribution < -0.4 is 0 Å². The molecule has 2 rings (SSSR count). The fourth-order valence-electron chi connectivity index (χ4n) is 1.77. The lowest BCUT2D eigenvalue weighted by molar-refractivity contribution is 0.0939. The summed E-state index contributed by atoms with van der Waals surface area (Å²) in [5.41, 5.74) is 0.754. The van der Waals surface area contributed by atoms with Crippen LogP contribution in [0.1, 0.15) is 35.9 Å². The normalized spacial score (nSPS) is 11.2. The molecular formula is C13H18N4O. The van der Waals surface area contributed by atoms with Gasteiger partial charge in [-0.1, -0.05) is 13.8 Å². The van der Waals surface area contributed by atoms with Gasteiger partial charge >= 0.3 is 0 Å². The van der Waals surface area contributed by atoms with Crippen molar-refractivity contribution < 1.29 is 4.79 Å². The van der Waals surface area contributed by atoms with Gasteiger partial charge in [-0.25, -0.2) is 0 Å². The number of carbonyl (C=O) groups is 1. The van der Waals surface area contributed by atoms with Gasteiger partial charge in [0.1, 0.15) is 5.82 Å². The molecule has 0 amide bonds. The van der Waals surface area contributed by atoms with Gasteiger partial charge in [-0.3, -0.25) is 4.79 Å². The fraction of sp³-hybridized carbons (Fsp3) is 0.462. The zero-order valence-corrected chi connectivity index (χ0v) is 11.2. The highest BCUT2D eigenvalue weighted by atomic mass is 16.1. The minimum Gasteiger partial charge on any atom is -0.346 e. The SMILES string of the molecule is Cc1nnc(Cn2ccc(C(=O)C(C)C)c2)n1C. The Morgan fingerprint density at radius 3 is 2.67 bits per heavy atom. The van der Waals surface area contributed by atoms with Gasteiger partial charge in [0.2, 0.25) is 0 Å². The first-order valence-electron chi connectivity index (χ1n) is 6.04. The van der Waals surface area contributed by atoms with Gasteiger partial charge in [0.15, 0.2) is 11.6 Å². The molecule has 2 aromatic rings. The van der Waals surface area contributed by atoms with Crippen molar-refractivity contribution in [3.8, 4) is 0 Å². The molecule has 96 valence electrons. The number of nitrogens with zero attached hydrogens (tertiary/aromatic N) is 4. The minimum atomic E-state index is 0.0259. The lowest BCUT2D eigenvalue weighted by Gasteiger charge is -2.03. The highest BCUT2D eigenvalue weighted by Crippen LogP contribution is 2.10. The van der Waals surface area contributed by atoms with Crippen LogP contribution in [0.4, 0.5) is 0 Å². The molecule has 0 aromatic carbocycles. The number of hydrogen-bond acceptors (Lipinski definition) is 3. The van der Waals surface area contributed by atoms with Gasteiger partial charge in [-0.05, 0) is 13.0 Å². The van der Waals surface area contributed by atoms with Crippen LogP contribution in [0.3, 0.4) is 0 Å². The number of Topliss-reactive ketones (excluding diaryl/α,β-unsaturated/α-hetero) is 1. The van der Waals surface area contributed by atoms with E-state index in [1.165, 1.54) is 0 Å². The van der Waals surface area contributed by atoms with E-state index < -0.39 is 0 Å². The summed E-state index contributed by atoms with van der Waals surface area (Å²) in [4.78, 5) is 11.8. The molecule has 0 atom stereocenters. The van der Waals surface area contributed by atoms with Crippen molar-refractivity contribution in [2.75, 3.05) is 0 Å². The Kier molecular flexibility index (Phi) is 3.32. The van der Waals surface area contributed by atoms with E-state index in [4.69, 9.17) is 0 Å². The van der Waals surface area contributed by atoms with Crippen LogP contribution in [-0.2, 0) is 13.6 Å². The Balaban J connectivity index is 2.16. The Morgan fingerprint density at radius 1 is 1.39 bits per heavy atom. The predicted molar refractivity (Wildman–Crippen MR) is 68.4 cm³/mol. The largest absolute Gasteiger partial charge is 0.346 e. The summed E-state index contributed by atoms with van der Waals surface area (Å²) >= 11 is 0. The number of aromatic nitrogens is 4. The van der Waals surface area contributed by atoms with E-state index in [-0.39, 0.29) is 11.7 Å². The van der Waals surface area contributed by atoms with Crippen molar-refractivity contribution in [3.05, 3.63) is 35.7 Å². The zero-order chi connectivity index (χ0) is 13.3. The van der Waals surface area contributed by atoms with E-state index in [0.717, 1.165) is 17.2 Å². The third-order valence-corrected chi connectivity index (χ3v) is 3.07. The first-order chi connectivity index (χ1) is 8.49. The molecule has 0 aliphatic rings. The maximum absolute atomic E-state index is 11.8. The van der Waals surface area contributed by atoms with E-state index in [2.05, 4.69) is 10.2 Å². The van der Waals surface area contributed by atoms with Gasteiger partial charge in [-0.15, -0.1) is 10.2 Å². The molecule has 18 heavy (non-hydrogen) atoms. The van der Waals surface area contributed by atoms with Crippen molar-refractivity contribution in [2.45, 2.75) is 27.3 Å². The smallest absolute Gasteiger partial charge is 0.166 e. The van der Waals surface area contributed by atoms with Crippen LogP contribution in [0.15, 0.2) is 18.5 Å². The molecule has 0 N–H and O–H groups in total. The van der Waals surface area contributed by atoms with E-state index in [0.29, 0.717) is 6.54 Å². The summed E-state index contributed by atoms with van der Waals surface area (Å²) in [6.07, 6.45) is 3.77. The molecule has 5 nitrogen and oxygen atoms in total. The van der Waals surface area contributed by atoms with Crippen LogP contribution in [0.25, 0.3) is 0 Å². The summed E-state index contributed by atoms with van der Waals surface area (Å²) in [6.45, 7) is 6.36. The fourth-order valence-corrected chi connectivity index (χ4v) is 1.77. The minimum absolute atomic E-state index is 0.0259. The van der Waals surface area contributed by atoms with Crippen LogP contribution in [0, 0.1) is 12.8 Å². The lowest BCUT2D eigenvalue weighted by atomic mass is 10.0. The third kappa shape index (κ3) is 2.34. The van der Waals surface area contributed by atoms with Crippen LogP contribution in [-0.4, -0.2) is 25.1 Å². The number of hydrogen-bond donors (Lipinski definition) is 0. The molecule has 0 bridgehead atoms. The molecule has 0 spiro atoms. The first kappa shape index (κ1) is 12.5. The van der Waals surface area contributed by atoms with E-state index in [1.54, 1.807) is 0 Å². The van der Waals surface area contributed by atoms with Crippen molar-refractivity contribution >= 4 is 5.78 Å². The van der Waals surface area contributed by atoms with Crippen molar-refractivity contribution in [3.63, 3.8) is 0 Å². The number of ketones is 1. The van der Waals surface area contributed by atoms with E-state index >= 15 is 0 Å². The van der Waals surface area contributed by atoms with Crippen molar-refractivity contribution in [2.24, 2.45) is 13.0 Å². The quantitative estimate of drug-likeness (QED) is 0.773. The Hall–Kier alpha value is -1.91. The molecule has 0 fully saturated rings. The third-order valence-electron chi connectivity index (χ3n) is 3.07. The predicted octanol–water partition coefficient (Wildman–Crippen LogP) is 1.81. The molecular weight excluding hydrogens is 228 g/mol. The molecule has 0 saturated heterocycles. The van der Waals surface area contributed by atoms with Crippen molar-refractivity contribution in [1.29, 1.82) is 0 Å². The maximum Gasteiger partial charge on any atom is 0.166 e. The summed E-state index contributed by atoms with van der Waals surface area (Å²) in [7, 11) is 1.94. The molecule has 5 heteroatoms. The second-order valence-electron chi connectivity index (χ2n) is 4.81. The number of rotatable bonds is 4. The van der Waals surface area contributed by atoms with Gasteiger partial charge in [0.05, 0.1) is 6.54 Å². The topological polar surface area (TPSA) is 52.7 Å². The van der Waals surface area contributed by atoms with Crippen molar-refractivity contribution in [1.82, 2.24) is 19.3 Å². The Bertz CT molecular complexity index is 565. The van der Waals surface area contributed by atoms with Crippen LogP contribution >= 0.6 is 0 Å². The second-order valence-corrected chi connectivity index (χ2v) is 4.81. The molecule has 2 heterocycles. The zero-order valence-electron chi connectivity index (χ0n) is 11.2. The summed E-state index contributed by atoms with van der Waals surface area (Å²) in [5.74, 6) is 1.96. The number of carbonyl (C=O) groups excluding carboxylic acids is 1. The average Bonchev–Trinajstić information content (AvgIpc) is 2.90. The first-order valence-corrected chi connectivity index (χ1v) is 6.04. The van der Waals surface area contributed by atoms with Gasteiger partial charge < -0.3 is 9.13 Å². The molecule has 0 aliphatic carbocycles. The maximum atomic E-state index is 11.8.